The van der Waals surface area contributed by atoms with Crippen molar-refractivity contribution in [1.82, 2.24) is 14.5 Å². The van der Waals surface area contributed by atoms with Crippen LogP contribution in [0.25, 0.3) is 0 Å². The summed E-state index contributed by atoms with van der Waals surface area (Å²) >= 11 is 0. The minimum atomic E-state index is -1.06. The number of hydrogen-bond donors (Lipinski definition) is 2. The van der Waals surface area contributed by atoms with E-state index < -0.39 is 12.1 Å². The first-order chi connectivity index (χ1) is 9.11. The lowest BCUT2D eigenvalue weighted by atomic mass is 10.2. The van der Waals surface area contributed by atoms with E-state index in [0.29, 0.717) is 25.3 Å². The van der Waals surface area contributed by atoms with Crippen LogP contribution in [0.2, 0.25) is 0 Å². The SMILES string of the molecule is NCCn1cnc(C(=O)N2CCOC(C(=O)O)C2)c1. The molecule has 1 aromatic rings. The summed E-state index contributed by atoms with van der Waals surface area (Å²) in [5, 5.41) is 8.89. The number of carboxylic acids is 1. The number of morpholine rings is 1. The molecule has 0 bridgehead atoms. The van der Waals surface area contributed by atoms with Crippen LogP contribution in [0.1, 0.15) is 10.5 Å². The fourth-order valence-electron chi connectivity index (χ4n) is 1.89. The molecule has 1 saturated heterocycles. The predicted molar refractivity (Wildman–Crippen MR) is 64.6 cm³/mol. The van der Waals surface area contributed by atoms with E-state index in [1.807, 2.05) is 0 Å². The van der Waals surface area contributed by atoms with E-state index in [0.717, 1.165) is 0 Å². The predicted octanol–water partition coefficient (Wildman–Crippen LogP) is -1.23. The van der Waals surface area contributed by atoms with Crippen LogP contribution in [-0.2, 0) is 16.1 Å². The van der Waals surface area contributed by atoms with Crippen LogP contribution < -0.4 is 5.73 Å². The average Bonchev–Trinajstić information content (AvgIpc) is 2.87. The van der Waals surface area contributed by atoms with Gasteiger partial charge in [-0.2, -0.15) is 0 Å². The van der Waals surface area contributed by atoms with Crippen molar-refractivity contribution in [1.29, 1.82) is 0 Å². The molecule has 104 valence electrons. The molecule has 0 radical (unpaired) electrons. The molecule has 2 heterocycles. The maximum atomic E-state index is 12.2. The van der Waals surface area contributed by atoms with Crippen LogP contribution in [0.5, 0.6) is 0 Å². The number of nitrogens with two attached hydrogens (primary N) is 1. The van der Waals surface area contributed by atoms with Crippen molar-refractivity contribution in [2.75, 3.05) is 26.2 Å². The number of ether oxygens (including phenoxy) is 1. The summed E-state index contributed by atoms with van der Waals surface area (Å²) in [6.45, 7) is 1.67. The standard InChI is InChI=1S/C11H16N4O4/c12-1-2-14-5-8(13-7-14)10(16)15-3-4-19-9(6-15)11(17)18/h5,7,9H,1-4,6,12H2,(H,17,18). The van der Waals surface area contributed by atoms with Crippen molar-refractivity contribution in [3.8, 4) is 0 Å². The number of amides is 1. The number of aliphatic carboxylic acids is 1. The molecule has 1 aliphatic heterocycles. The van der Waals surface area contributed by atoms with Crippen LogP contribution in [0.4, 0.5) is 0 Å². The molecule has 8 heteroatoms. The second kappa shape index (κ2) is 5.81. The van der Waals surface area contributed by atoms with Crippen molar-refractivity contribution >= 4 is 11.9 Å². The van der Waals surface area contributed by atoms with Crippen LogP contribution in [0.3, 0.4) is 0 Å². The quantitative estimate of drug-likeness (QED) is 0.707. The van der Waals surface area contributed by atoms with Crippen LogP contribution in [-0.4, -0.2) is 63.8 Å². The molecule has 1 atom stereocenters. The highest BCUT2D eigenvalue weighted by atomic mass is 16.5. The number of carbonyl (C=O) groups is 2. The third-order valence-corrected chi connectivity index (χ3v) is 2.87. The summed E-state index contributed by atoms with van der Waals surface area (Å²) in [6.07, 6.45) is 2.18. The van der Waals surface area contributed by atoms with Crippen LogP contribution >= 0.6 is 0 Å². The Morgan fingerprint density at radius 1 is 1.58 bits per heavy atom. The topological polar surface area (TPSA) is 111 Å². The van der Waals surface area contributed by atoms with Gasteiger partial charge in [-0.15, -0.1) is 0 Å². The first-order valence-electron chi connectivity index (χ1n) is 5.97. The van der Waals surface area contributed by atoms with Gasteiger partial charge in [-0.3, -0.25) is 4.79 Å². The molecule has 0 aromatic carbocycles. The third-order valence-electron chi connectivity index (χ3n) is 2.87. The highest BCUT2D eigenvalue weighted by Crippen LogP contribution is 2.09. The Morgan fingerprint density at radius 2 is 2.37 bits per heavy atom. The van der Waals surface area contributed by atoms with Gasteiger partial charge in [0.2, 0.25) is 0 Å². The highest BCUT2D eigenvalue weighted by Gasteiger charge is 2.30. The van der Waals surface area contributed by atoms with Gasteiger partial charge in [0, 0.05) is 25.8 Å². The fraction of sp³-hybridized carbons (Fsp3) is 0.545. The summed E-state index contributed by atoms with van der Waals surface area (Å²) in [7, 11) is 0. The molecule has 1 fully saturated rings. The van der Waals surface area contributed by atoms with Gasteiger partial charge in [-0.1, -0.05) is 0 Å². The average molecular weight is 268 g/mol. The molecule has 8 nitrogen and oxygen atoms in total. The van der Waals surface area contributed by atoms with E-state index in [2.05, 4.69) is 4.98 Å². The van der Waals surface area contributed by atoms with Crippen molar-refractivity contribution < 1.29 is 19.4 Å². The summed E-state index contributed by atoms with van der Waals surface area (Å²) in [5.41, 5.74) is 5.71. The molecule has 2 rings (SSSR count). The van der Waals surface area contributed by atoms with Crippen LogP contribution in [0.15, 0.2) is 12.5 Å². The number of carbonyl (C=O) groups excluding carboxylic acids is 1. The van der Waals surface area contributed by atoms with Gasteiger partial charge in [0.05, 0.1) is 19.5 Å². The molecule has 1 aromatic heterocycles. The maximum Gasteiger partial charge on any atom is 0.334 e. The summed E-state index contributed by atoms with van der Waals surface area (Å²) in [5.74, 6) is -1.35. The van der Waals surface area contributed by atoms with E-state index >= 15 is 0 Å². The van der Waals surface area contributed by atoms with E-state index in [9.17, 15) is 9.59 Å². The zero-order chi connectivity index (χ0) is 13.8. The highest BCUT2D eigenvalue weighted by molar-refractivity contribution is 5.92. The number of nitrogens with zero attached hydrogens (tertiary/aromatic N) is 3. The van der Waals surface area contributed by atoms with Gasteiger partial charge in [0.25, 0.3) is 5.91 Å². The Hall–Kier alpha value is -1.93. The zero-order valence-corrected chi connectivity index (χ0v) is 10.4. The van der Waals surface area contributed by atoms with Crippen molar-refractivity contribution in [3.63, 3.8) is 0 Å². The van der Waals surface area contributed by atoms with E-state index in [-0.39, 0.29) is 19.1 Å². The Bertz CT molecular complexity index is 473. The maximum absolute atomic E-state index is 12.2. The second-order valence-corrected chi connectivity index (χ2v) is 4.23. The summed E-state index contributed by atoms with van der Waals surface area (Å²) < 4.78 is 6.79. The zero-order valence-electron chi connectivity index (χ0n) is 10.4. The Kier molecular flexibility index (Phi) is 4.13. The first kappa shape index (κ1) is 13.5. The van der Waals surface area contributed by atoms with Gasteiger partial charge in [-0.25, -0.2) is 9.78 Å². The molecule has 0 aliphatic carbocycles. The Balaban J connectivity index is 2.03. The lowest BCUT2D eigenvalue weighted by molar-refractivity contribution is -0.154. The largest absolute Gasteiger partial charge is 0.479 e. The van der Waals surface area contributed by atoms with Crippen molar-refractivity contribution in [2.45, 2.75) is 12.6 Å². The van der Waals surface area contributed by atoms with E-state index in [4.69, 9.17) is 15.6 Å². The van der Waals surface area contributed by atoms with Crippen molar-refractivity contribution in [2.24, 2.45) is 5.73 Å². The molecule has 0 spiro atoms. The van der Waals surface area contributed by atoms with Gasteiger partial charge in [0.1, 0.15) is 5.69 Å². The normalized spacial score (nSPS) is 19.4. The minimum absolute atomic E-state index is 0.0396. The second-order valence-electron chi connectivity index (χ2n) is 4.23. The lowest BCUT2D eigenvalue weighted by Crippen LogP contribution is -2.48. The first-order valence-corrected chi connectivity index (χ1v) is 5.97. The molecule has 1 amide bonds. The van der Waals surface area contributed by atoms with Gasteiger partial charge in [-0.05, 0) is 0 Å². The monoisotopic (exact) mass is 268 g/mol. The summed E-state index contributed by atoms with van der Waals surface area (Å²) in [6, 6.07) is 0. The number of aromatic nitrogens is 2. The number of imidazole rings is 1. The molecule has 3 N–H and O–H groups in total. The Morgan fingerprint density at radius 3 is 3.05 bits per heavy atom. The molecular formula is C11H16N4O4. The molecule has 1 aliphatic rings. The van der Waals surface area contributed by atoms with Crippen LogP contribution in [0, 0.1) is 0 Å². The van der Waals surface area contributed by atoms with E-state index in [1.54, 1.807) is 10.8 Å². The molecule has 19 heavy (non-hydrogen) atoms. The van der Waals surface area contributed by atoms with Gasteiger partial charge < -0.3 is 25.0 Å². The minimum Gasteiger partial charge on any atom is -0.479 e. The number of rotatable bonds is 4. The molecule has 1 unspecified atom stereocenters. The molecular weight excluding hydrogens is 252 g/mol. The smallest absolute Gasteiger partial charge is 0.334 e. The van der Waals surface area contributed by atoms with E-state index in [1.165, 1.54) is 11.2 Å². The number of carboxylic acid groups (broad SMARTS) is 1. The lowest BCUT2D eigenvalue weighted by Gasteiger charge is -2.30. The van der Waals surface area contributed by atoms with Gasteiger partial charge >= 0.3 is 5.97 Å². The third kappa shape index (κ3) is 3.09. The molecule has 0 saturated carbocycles. The summed E-state index contributed by atoms with van der Waals surface area (Å²) in [4.78, 5) is 28.5. The van der Waals surface area contributed by atoms with Gasteiger partial charge in [0.15, 0.2) is 6.10 Å². The van der Waals surface area contributed by atoms with Crippen molar-refractivity contribution in [3.05, 3.63) is 18.2 Å². The number of hydrogen-bond acceptors (Lipinski definition) is 5. The Labute approximate surface area is 109 Å². The fourth-order valence-corrected chi connectivity index (χ4v) is 1.89.